The Balaban J connectivity index is 2.40. The third-order valence-electron chi connectivity index (χ3n) is 3.84. The molecular formula is C14H17N. The Morgan fingerprint density at radius 2 is 1.80 bits per heavy atom. The smallest absolute Gasteiger partial charge is 0.230 e. The van der Waals surface area contributed by atoms with Gasteiger partial charge in [0, 0.05) is 6.92 Å². The molecule has 1 aliphatic carbocycles. The summed E-state index contributed by atoms with van der Waals surface area (Å²) < 4.78 is 0. The molecule has 78 valence electrons. The molecule has 0 aromatic heterocycles. The van der Waals surface area contributed by atoms with Crippen LogP contribution in [-0.2, 0) is 5.41 Å². The number of nitrogens with zero attached hydrogens (tertiary/aromatic N) is 1. The monoisotopic (exact) mass is 199 g/mol. The first-order valence-corrected chi connectivity index (χ1v) is 5.72. The molecule has 0 amide bonds. The van der Waals surface area contributed by atoms with Crippen LogP contribution < -0.4 is 0 Å². The van der Waals surface area contributed by atoms with Crippen LogP contribution in [0, 0.1) is 6.57 Å². The number of rotatable bonds is 2. The van der Waals surface area contributed by atoms with Gasteiger partial charge >= 0.3 is 0 Å². The molecule has 0 spiro atoms. The summed E-state index contributed by atoms with van der Waals surface area (Å²) in [6.45, 7) is 9.35. The van der Waals surface area contributed by atoms with Crippen LogP contribution in [0.15, 0.2) is 30.3 Å². The summed E-state index contributed by atoms with van der Waals surface area (Å²) in [4.78, 5) is 3.77. The third-order valence-corrected chi connectivity index (χ3v) is 3.84. The summed E-state index contributed by atoms with van der Waals surface area (Å²) in [5.74, 6) is 0. The van der Waals surface area contributed by atoms with E-state index in [1.807, 2.05) is 0 Å². The van der Waals surface area contributed by atoms with Crippen molar-refractivity contribution in [2.45, 2.75) is 44.1 Å². The average Bonchev–Trinajstić information content (AvgIpc) is 2.79. The molecule has 1 unspecified atom stereocenters. The minimum Gasteiger partial charge on any atom is -0.313 e. The topological polar surface area (TPSA) is 4.36 Å². The molecule has 15 heavy (non-hydrogen) atoms. The highest BCUT2D eigenvalue weighted by Crippen LogP contribution is 2.44. The Bertz CT molecular complexity index is 355. The summed E-state index contributed by atoms with van der Waals surface area (Å²) in [5, 5.41) is 0. The van der Waals surface area contributed by atoms with Crippen LogP contribution in [0.3, 0.4) is 0 Å². The van der Waals surface area contributed by atoms with Crippen LogP contribution >= 0.6 is 0 Å². The van der Waals surface area contributed by atoms with E-state index in [0.29, 0.717) is 0 Å². The summed E-state index contributed by atoms with van der Waals surface area (Å²) in [7, 11) is 0. The van der Waals surface area contributed by atoms with E-state index in [4.69, 9.17) is 6.57 Å². The zero-order valence-corrected chi connectivity index (χ0v) is 9.24. The van der Waals surface area contributed by atoms with Gasteiger partial charge in [-0.05, 0) is 18.4 Å². The van der Waals surface area contributed by atoms with Crippen LogP contribution in [0.1, 0.15) is 38.2 Å². The molecule has 1 aliphatic rings. The minimum absolute atomic E-state index is 0.113. The molecule has 1 aromatic carbocycles. The van der Waals surface area contributed by atoms with E-state index in [0.717, 1.165) is 0 Å². The second kappa shape index (κ2) is 4.06. The van der Waals surface area contributed by atoms with Gasteiger partial charge in [-0.1, -0.05) is 43.2 Å². The van der Waals surface area contributed by atoms with Crippen LogP contribution in [0.25, 0.3) is 4.85 Å². The highest BCUT2D eigenvalue weighted by Gasteiger charge is 2.44. The Hall–Kier alpha value is -1.29. The molecule has 1 saturated carbocycles. The van der Waals surface area contributed by atoms with Gasteiger partial charge in [0.1, 0.15) is 0 Å². The van der Waals surface area contributed by atoms with Gasteiger partial charge in [-0.3, -0.25) is 0 Å². The lowest BCUT2D eigenvalue weighted by molar-refractivity contribution is 0.403. The number of hydrogen-bond donors (Lipinski definition) is 0. The van der Waals surface area contributed by atoms with Gasteiger partial charge in [-0.2, -0.15) is 0 Å². The van der Waals surface area contributed by atoms with E-state index in [1.54, 1.807) is 0 Å². The molecule has 1 atom stereocenters. The van der Waals surface area contributed by atoms with E-state index in [-0.39, 0.29) is 11.5 Å². The molecule has 1 heteroatoms. The molecule has 0 saturated heterocycles. The Kier molecular flexibility index (Phi) is 2.77. The van der Waals surface area contributed by atoms with Crippen LogP contribution in [0.5, 0.6) is 0 Å². The first-order valence-electron chi connectivity index (χ1n) is 5.72. The first kappa shape index (κ1) is 10.2. The largest absolute Gasteiger partial charge is 0.313 e. The van der Waals surface area contributed by atoms with E-state index in [9.17, 15) is 0 Å². The molecule has 1 aromatic rings. The van der Waals surface area contributed by atoms with E-state index in [2.05, 4.69) is 42.1 Å². The predicted molar refractivity (Wildman–Crippen MR) is 62.7 cm³/mol. The second-order valence-corrected chi connectivity index (χ2v) is 4.53. The van der Waals surface area contributed by atoms with Gasteiger partial charge in [0.05, 0.1) is 5.41 Å². The molecule has 1 fully saturated rings. The van der Waals surface area contributed by atoms with Crippen molar-refractivity contribution in [2.24, 2.45) is 0 Å². The van der Waals surface area contributed by atoms with Gasteiger partial charge in [0.2, 0.25) is 6.04 Å². The Morgan fingerprint density at radius 3 is 2.33 bits per heavy atom. The number of hydrogen-bond acceptors (Lipinski definition) is 0. The maximum Gasteiger partial charge on any atom is 0.230 e. The predicted octanol–water partition coefficient (Wildman–Crippen LogP) is 3.81. The van der Waals surface area contributed by atoms with Gasteiger partial charge in [-0.25, -0.2) is 6.57 Å². The summed E-state index contributed by atoms with van der Waals surface area (Å²) in [5.41, 5.74) is 1.51. The van der Waals surface area contributed by atoms with E-state index < -0.39 is 0 Å². The lowest BCUT2D eigenvalue weighted by Gasteiger charge is -2.28. The van der Waals surface area contributed by atoms with Crippen molar-refractivity contribution >= 4 is 0 Å². The van der Waals surface area contributed by atoms with Crippen molar-refractivity contribution in [1.29, 1.82) is 0 Å². The van der Waals surface area contributed by atoms with Crippen molar-refractivity contribution in [3.8, 4) is 0 Å². The SMILES string of the molecule is [C-]#[N+]C(C)C1(c2ccccc2)CCCC1. The van der Waals surface area contributed by atoms with Crippen molar-refractivity contribution < 1.29 is 0 Å². The zero-order chi connectivity index (χ0) is 10.7. The standard InChI is InChI=1S/C14H17N/c1-12(15-2)14(10-6-7-11-14)13-8-4-3-5-9-13/h3-5,8-9,12H,6-7,10-11H2,1H3. The molecule has 2 rings (SSSR count). The van der Waals surface area contributed by atoms with Crippen LogP contribution in [0.2, 0.25) is 0 Å². The Morgan fingerprint density at radius 1 is 1.20 bits per heavy atom. The van der Waals surface area contributed by atoms with Crippen molar-refractivity contribution in [1.82, 2.24) is 0 Å². The fourth-order valence-corrected chi connectivity index (χ4v) is 2.85. The van der Waals surface area contributed by atoms with Crippen molar-refractivity contribution in [3.05, 3.63) is 47.3 Å². The molecule has 0 heterocycles. The molecule has 0 bridgehead atoms. The highest BCUT2D eigenvalue weighted by molar-refractivity contribution is 5.30. The fourth-order valence-electron chi connectivity index (χ4n) is 2.85. The first-order chi connectivity index (χ1) is 7.29. The van der Waals surface area contributed by atoms with Crippen LogP contribution in [0.4, 0.5) is 0 Å². The summed E-state index contributed by atoms with van der Waals surface area (Å²) >= 11 is 0. The van der Waals surface area contributed by atoms with Crippen molar-refractivity contribution in [2.75, 3.05) is 0 Å². The van der Waals surface area contributed by atoms with Gasteiger partial charge in [0.15, 0.2) is 0 Å². The molecule has 1 nitrogen and oxygen atoms in total. The normalized spacial score (nSPS) is 20.8. The molecule has 0 radical (unpaired) electrons. The maximum absolute atomic E-state index is 7.27. The summed E-state index contributed by atoms with van der Waals surface area (Å²) in [6, 6.07) is 10.7. The molecule has 0 N–H and O–H groups in total. The number of benzene rings is 1. The van der Waals surface area contributed by atoms with Gasteiger partial charge in [0.25, 0.3) is 0 Å². The Labute approximate surface area is 91.9 Å². The van der Waals surface area contributed by atoms with E-state index in [1.165, 1.54) is 31.2 Å². The fraction of sp³-hybridized carbons (Fsp3) is 0.500. The van der Waals surface area contributed by atoms with E-state index >= 15 is 0 Å². The van der Waals surface area contributed by atoms with Crippen molar-refractivity contribution in [3.63, 3.8) is 0 Å². The molecule has 0 aliphatic heterocycles. The van der Waals surface area contributed by atoms with Crippen LogP contribution in [-0.4, -0.2) is 6.04 Å². The highest BCUT2D eigenvalue weighted by atomic mass is 14.7. The quantitative estimate of drug-likeness (QED) is 0.638. The third kappa shape index (κ3) is 1.65. The van der Waals surface area contributed by atoms with Gasteiger partial charge < -0.3 is 4.85 Å². The molecular weight excluding hydrogens is 182 g/mol. The lowest BCUT2D eigenvalue weighted by atomic mass is 9.73. The maximum atomic E-state index is 7.27. The summed E-state index contributed by atoms with van der Waals surface area (Å²) in [6.07, 6.45) is 4.91. The average molecular weight is 199 g/mol. The zero-order valence-electron chi connectivity index (χ0n) is 9.24. The second-order valence-electron chi connectivity index (χ2n) is 4.53. The lowest BCUT2D eigenvalue weighted by Crippen LogP contribution is -2.32. The minimum atomic E-state index is 0.113. The van der Waals surface area contributed by atoms with Gasteiger partial charge in [-0.15, -0.1) is 0 Å².